The maximum Gasteiger partial charge on any atom is 0.115 e. The minimum absolute atomic E-state index is 0.348. The molecule has 2 rings (SSSR count). The first-order valence-electron chi connectivity index (χ1n) is 5.55. The van der Waals surface area contributed by atoms with Gasteiger partial charge in [0.05, 0.1) is 0 Å². The van der Waals surface area contributed by atoms with E-state index in [1.165, 1.54) is 25.1 Å². The van der Waals surface area contributed by atoms with Crippen LogP contribution in [0.4, 0.5) is 0 Å². The smallest absolute Gasteiger partial charge is 0.115 e. The van der Waals surface area contributed by atoms with Crippen LogP contribution in [0.2, 0.25) is 0 Å². The second-order valence-corrected chi connectivity index (χ2v) is 5.29. The number of hydrogen-bond acceptors (Lipinski definition) is 2. The molecule has 0 unspecified atom stereocenters. The van der Waals surface area contributed by atoms with Crippen molar-refractivity contribution in [3.63, 3.8) is 0 Å². The lowest BCUT2D eigenvalue weighted by atomic mass is 9.93. The fourth-order valence-electron chi connectivity index (χ4n) is 2.22. The third-order valence-corrected chi connectivity index (χ3v) is 3.10. The van der Waals surface area contributed by atoms with Crippen molar-refractivity contribution in [3.8, 4) is 5.75 Å². The average Bonchev–Trinajstić information content (AvgIpc) is 2.50. The van der Waals surface area contributed by atoms with Gasteiger partial charge in [0.25, 0.3) is 0 Å². The van der Waals surface area contributed by atoms with Crippen LogP contribution in [0.3, 0.4) is 0 Å². The van der Waals surface area contributed by atoms with Gasteiger partial charge in [0.2, 0.25) is 0 Å². The summed E-state index contributed by atoms with van der Waals surface area (Å²) in [6.45, 7) is 8.01. The van der Waals surface area contributed by atoms with Crippen molar-refractivity contribution >= 4 is 0 Å². The number of aromatic hydroxyl groups is 1. The van der Waals surface area contributed by atoms with Gasteiger partial charge in [0.15, 0.2) is 0 Å². The van der Waals surface area contributed by atoms with Crippen molar-refractivity contribution in [2.45, 2.75) is 26.8 Å². The van der Waals surface area contributed by atoms with Crippen LogP contribution >= 0.6 is 0 Å². The third-order valence-electron chi connectivity index (χ3n) is 3.10. The molecule has 2 heteroatoms. The van der Waals surface area contributed by atoms with Crippen LogP contribution in [-0.4, -0.2) is 23.1 Å². The Morgan fingerprint density at radius 3 is 2.47 bits per heavy atom. The molecule has 0 radical (unpaired) electrons. The van der Waals surface area contributed by atoms with Crippen molar-refractivity contribution in [1.82, 2.24) is 4.90 Å². The van der Waals surface area contributed by atoms with Gasteiger partial charge in [-0.3, -0.25) is 4.90 Å². The van der Waals surface area contributed by atoms with E-state index in [1.54, 1.807) is 12.1 Å². The monoisotopic (exact) mass is 205 g/mol. The van der Waals surface area contributed by atoms with Crippen LogP contribution in [0.1, 0.15) is 25.8 Å². The van der Waals surface area contributed by atoms with Crippen LogP contribution in [0, 0.1) is 5.41 Å². The summed E-state index contributed by atoms with van der Waals surface area (Å²) >= 11 is 0. The van der Waals surface area contributed by atoms with E-state index in [0.717, 1.165) is 6.54 Å². The zero-order chi connectivity index (χ0) is 10.9. The Hall–Kier alpha value is -1.02. The summed E-state index contributed by atoms with van der Waals surface area (Å²) in [7, 11) is 0. The molecule has 82 valence electrons. The lowest BCUT2D eigenvalue weighted by Crippen LogP contribution is -2.22. The summed E-state index contributed by atoms with van der Waals surface area (Å²) in [5.74, 6) is 0.348. The second-order valence-electron chi connectivity index (χ2n) is 5.29. The molecule has 1 N–H and O–H groups in total. The number of likely N-dealkylation sites (tertiary alicyclic amines) is 1. The van der Waals surface area contributed by atoms with Gasteiger partial charge < -0.3 is 5.11 Å². The van der Waals surface area contributed by atoms with E-state index in [4.69, 9.17) is 0 Å². The molecule has 1 aliphatic heterocycles. The molecule has 1 saturated heterocycles. The van der Waals surface area contributed by atoms with E-state index in [0.29, 0.717) is 11.2 Å². The second kappa shape index (κ2) is 3.86. The first kappa shape index (κ1) is 10.5. The Morgan fingerprint density at radius 1 is 1.27 bits per heavy atom. The lowest BCUT2D eigenvalue weighted by Gasteiger charge is -2.19. The van der Waals surface area contributed by atoms with Crippen LogP contribution in [0.5, 0.6) is 5.75 Å². The number of benzene rings is 1. The molecule has 1 aromatic carbocycles. The third kappa shape index (κ3) is 2.72. The molecule has 0 saturated carbocycles. The maximum absolute atomic E-state index is 9.19. The Morgan fingerprint density at radius 2 is 1.93 bits per heavy atom. The fraction of sp³-hybridized carbons (Fsp3) is 0.538. The number of phenols is 1. The molecule has 0 aliphatic carbocycles. The van der Waals surface area contributed by atoms with Crippen molar-refractivity contribution in [2.75, 3.05) is 13.1 Å². The topological polar surface area (TPSA) is 23.5 Å². The molecule has 0 spiro atoms. The van der Waals surface area contributed by atoms with Crippen LogP contribution < -0.4 is 0 Å². The van der Waals surface area contributed by atoms with Gasteiger partial charge in [0.1, 0.15) is 5.75 Å². The predicted molar refractivity (Wildman–Crippen MR) is 61.8 cm³/mol. The molecular weight excluding hydrogens is 186 g/mol. The maximum atomic E-state index is 9.19. The Labute approximate surface area is 91.5 Å². The predicted octanol–water partition coefficient (Wildman–Crippen LogP) is 2.62. The number of rotatable bonds is 2. The molecule has 1 aromatic rings. The van der Waals surface area contributed by atoms with Crippen molar-refractivity contribution in [3.05, 3.63) is 29.8 Å². The van der Waals surface area contributed by atoms with E-state index >= 15 is 0 Å². The van der Waals surface area contributed by atoms with Crippen LogP contribution in [0.15, 0.2) is 24.3 Å². The lowest BCUT2D eigenvalue weighted by molar-refractivity contribution is 0.284. The summed E-state index contributed by atoms with van der Waals surface area (Å²) in [6, 6.07) is 7.52. The molecular formula is C13H19NO. The Bertz CT molecular complexity index is 329. The van der Waals surface area contributed by atoms with E-state index < -0.39 is 0 Å². The fourth-order valence-corrected chi connectivity index (χ4v) is 2.22. The molecule has 0 atom stereocenters. The molecule has 0 amide bonds. The normalized spacial score (nSPS) is 20.7. The van der Waals surface area contributed by atoms with Gasteiger partial charge in [-0.05, 0) is 36.1 Å². The molecule has 2 nitrogen and oxygen atoms in total. The summed E-state index contributed by atoms with van der Waals surface area (Å²) in [6.07, 6.45) is 1.28. The minimum atomic E-state index is 0.348. The molecule has 1 aliphatic rings. The van der Waals surface area contributed by atoms with Crippen LogP contribution in [0.25, 0.3) is 0 Å². The summed E-state index contributed by atoms with van der Waals surface area (Å²) < 4.78 is 0. The van der Waals surface area contributed by atoms with E-state index in [-0.39, 0.29) is 0 Å². The summed E-state index contributed by atoms with van der Waals surface area (Å²) in [4.78, 5) is 2.48. The number of hydrogen-bond donors (Lipinski definition) is 1. The summed E-state index contributed by atoms with van der Waals surface area (Å²) in [5, 5.41) is 9.19. The summed E-state index contributed by atoms with van der Waals surface area (Å²) in [5.41, 5.74) is 1.75. The number of phenolic OH excluding ortho intramolecular Hbond substituents is 1. The van der Waals surface area contributed by atoms with Gasteiger partial charge in [-0.25, -0.2) is 0 Å². The molecule has 0 bridgehead atoms. The molecule has 15 heavy (non-hydrogen) atoms. The standard InChI is InChI=1S/C13H19NO/c1-13(2)7-8-14(10-13)9-11-3-5-12(15)6-4-11/h3-6,15H,7-10H2,1-2H3. The quantitative estimate of drug-likeness (QED) is 0.802. The highest BCUT2D eigenvalue weighted by atomic mass is 16.3. The van der Waals surface area contributed by atoms with Crippen molar-refractivity contribution < 1.29 is 5.11 Å². The largest absolute Gasteiger partial charge is 0.508 e. The molecule has 0 aromatic heterocycles. The highest BCUT2D eigenvalue weighted by molar-refractivity contribution is 5.25. The van der Waals surface area contributed by atoms with Crippen molar-refractivity contribution in [2.24, 2.45) is 5.41 Å². The first-order valence-corrected chi connectivity index (χ1v) is 5.55. The Balaban J connectivity index is 1.96. The first-order chi connectivity index (χ1) is 7.05. The number of nitrogens with zero attached hydrogens (tertiary/aromatic N) is 1. The van der Waals surface area contributed by atoms with Gasteiger partial charge in [-0.2, -0.15) is 0 Å². The highest BCUT2D eigenvalue weighted by Crippen LogP contribution is 2.29. The van der Waals surface area contributed by atoms with E-state index in [9.17, 15) is 5.11 Å². The molecule has 1 fully saturated rings. The van der Waals surface area contributed by atoms with Crippen LogP contribution in [-0.2, 0) is 6.54 Å². The van der Waals surface area contributed by atoms with Crippen molar-refractivity contribution in [1.29, 1.82) is 0 Å². The van der Waals surface area contributed by atoms with E-state index in [1.807, 2.05) is 12.1 Å². The minimum Gasteiger partial charge on any atom is -0.508 e. The SMILES string of the molecule is CC1(C)CCN(Cc2ccc(O)cc2)C1. The zero-order valence-corrected chi connectivity index (χ0v) is 9.53. The molecule has 1 heterocycles. The zero-order valence-electron chi connectivity index (χ0n) is 9.53. The Kier molecular flexibility index (Phi) is 2.70. The van der Waals surface area contributed by atoms with Gasteiger partial charge in [-0.15, -0.1) is 0 Å². The van der Waals surface area contributed by atoms with E-state index in [2.05, 4.69) is 18.7 Å². The highest BCUT2D eigenvalue weighted by Gasteiger charge is 2.28. The van der Waals surface area contributed by atoms with Gasteiger partial charge in [-0.1, -0.05) is 26.0 Å². The van der Waals surface area contributed by atoms with Gasteiger partial charge in [0, 0.05) is 13.1 Å². The van der Waals surface area contributed by atoms with Gasteiger partial charge >= 0.3 is 0 Å². The average molecular weight is 205 g/mol.